The fourth-order valence-corrected chi connectivity index (χ4v) is 7.03. The summed E-state index contributed by atoms with van der Waals surface area (Å²) in [7, 11) is 0. The Kier molecular flexibility index (Phi) is 4.30. The van der Waals surface area contributed by atoms with E-state index < -0.39 is 0 Å². The van der Waals surface area contributed by atoms with Crippen LogP contribution in [-0.4, -0.2) is 35.7 Å². The molecule has 172 valence electrons. The molecule has 0 saturated heterocycles. The van der Waals surface area contributed by atoms with Gasteiger partial charge in [-0.15, -0.1) is 0 Å². The van der Waals surface area contributed by atoms with Crippen LogP contribution in [0.2, 0.25) is 0 Å². The number of aliphatic hydroxyl groups is 1. The smallest absolute Gasteiger partial charge is 0.172 e. The van der Waals surface area contributed by atoms with Crippen molar-refractivity contribution in [1.82, 2.24) is 4.98 Å². The molecule has 0 spiro atoms. The third kappa shape index (κ3) is 2.79. The molecule has 5 nitrogen and oxygen atoms in total. The van der Waals surface area contributed by atoms with Crippen LogP contribution >= 0.6 is 11.3 Å². The number of benzene rings is 2. The van der Waals surface area contributed by atoms with Crippen molar-refractivity contribution in [3.05, 3.63) is 70.5 Å². The fraction of sp³-hybridized carbons (Fsp3) is 0.321. The molecule has 2 N–H and O–H groups in total. The van der Waals surface area contributed by atoms with Crippen LogP contribution in [0.5, 0.6) is 11.5 Å². The molecule has 2 saturated carbocycles. The first-order valence-electron chi connectivity index (χ1n) is 11.8. The summed E-state index contributed by atoms with van der Waals surface area (Å²) in [5, 5.41) is 15.8. The Labute approximate surface area is 201 Å². The van der Waals surface area contributed by atoms with E-state index >= 15 is 0 Å². The van der Waals surface area contributed by atoms with Crippen molar-refractivity contribution in [3.8, 4) is 22.6 Å². The van der Waals surface area contributed by atoms with E-state index in [0.717, 1.165) is 29.5 Å². The van der Waals surface area contributed by atoms with Gasteiger partial charge in [0.2, 0.25) is 0 Å². The second-order valence-corrected chi connectivity index (χ2v) is 10.7. The van der Waals surface area contributed by atoms with E-state index in [0.29, 0.717) is 42.6 Å². The van der Waals surface area contributed by atoms with E-state index in [1.807, 2.05) is 29.6 Å². The van der Waals surface area contributed by atoms with Gasteiger partial charge in [-0.1, -0.05) is 18.2 Å². The number of aromatic amines is 1. The summed E-state index contributed by atoms with van der Waals surface area (Å²) in [6.45, 7) is 1.04. The van der Waals surface area contributed by atoms with Crippen molar-refractivity contribution in [1.29, 1.82) is 0 Å². The summed E-state index contributed by atoms with van der Waals surface area (Å²) >= 11 is 1.63. The third-order valence-electron chi connectivity index (χ3n) is 8.39. The number of Topliss-reactive ketones (excluding diaryl/α,β-unsaturated/α-hetero) is 1. The minimum atomic E-state index is -0.212. The van der Waals surface area contributed by atoms with E-state index in [1.54, 1.807) is 11.3 Å². The third-order valence-corrected chi connectivity index (χ3v) is 9.07. The number of nitrogens with one attached hydrogen (secondary N) is 1. The molecule has 2 aromatic heterocycles. The molecular formula is C28H25NO4S. The van der Waals surface area contributed by atoms with E-state index in [1.165, 1.54) is 10.9 Å². The first-order chi connectivity index (χ1) is 16.6. The monoisotopic (exact) mass is 471 g/mol. The van der Waals surface area contributed by atoms with Crippen molar-refractivity contribution in [2.24, 2.45) is 16.7 Å². The topological polar surface area (TPSA) is 71.5 Å². The van der Waals surface area contributed by atoms with Gasteiger partial charge in [0, 0.05) is 35.5 Å². The van der Waals surface area contributed by atoms with Gasteiger partial charge < -0.3 is 19.6 Å². The summed E-state index contributed by atoms with van der Waals surface area (Å²) in [4.78, 5) is 17.1. The van der Waals surface area contributed by atoms with Gasteiger partial charge in [-0.3, -0.25) is 4.79 Å². The van der Waals surface area contributed by atoms with Crippen molar-refractivity contribution in [3.63, 3.8) is 0 Å². The molecule has 0 radical (unpaired) electrons. The Bertz CT molecular complexity index is 1420. The molecular weight excluding hydrogens is 446 g/mol. The predicted molar refractivity (Wildman–Crippen MR) is 132 cm³/mol. The van der Waals surface area contributed by atoms with Gasteiger partial charge in [0.15, 0.2) is 17.3 Å². The number of carbonyl (C=O) groups is 1. The molecule has 34 heavy (non-hydrogen) atoms. The van der Waals surface area contributed by atoms with Gasteiger partial charge in [-0.2, -0.15) is 11.3 Å². The zero-order valence-corrected chi connectivity index (χ0v) is 19.5. The number of rotatable bonds is 7. The highest BCUT2D eigenvalue weighted by Crippen LogP contribution is 2.90. The lowest BCUT2D eigenvalue weighted by molar-refractivity contribution is 0.0899. The summed E-state index contributed by atoms with van der Waals surface area (Å²) < 4.78 is 11.8. The number of H-pyrrole nitrogens is 1. The molecule has 0 bridgehead atoms. The van der Waals surface area contributed by atoms with Gasteiger partial charge in [0.05, 0.1) is 5.56 Å². The van der Waals surface area contributed by atoms with E-state index in [4.69, 9.17) is 9.47 Å². The molecule has 3 heterocycles. The van der Waals surface area contributed by atoms with Crippen LogP contribution in [0.4, 0.5) is 0 Å². The van der Waals surface area contributed by atoms with Crippen LogP contribution in [0.25, 0.3) is 22.0 Å². The molecule has 1 unspecified atom stereocenters. The molecule has 2 fully saturated rings. The molecule has 3 atom stereocenters. The number of thiophene rings is 1. The Morgan fingerprint density at radius 2 is 2.03 bits per heavy atom. The number of fused-ring (bicyclic) bond motifs is 3. The second-order valence-electron chi connectivity index (χ2n) is 9.92. The predicted octanol–water partition coefficient (Wildman–Crippen LogP) is 5.48. The van der Waals surface area contributed by atoms with E-state index in [9.17, 15) is 9.90 Å². The maximum atomic E-state index is 13.7. The van der Waals surface area contributed by atoms with Crippen LogP contribution in [-0.2, 0) is 6.42 Å². The molecule has 4 aromatic rings. The van der Waals surface area contributed by atoms with Gasteiger partial charge in [0.1, 0.15) is 13.2 Å². The molecule has 2 aliphatic carbocycles. The maximum absolute atomic E-state index is 13.7. The number of ketones is 1. The van der Waals surface area contributed by atoms with Crippen LogP contribution in [0.3, 0.4) is 0 Å². The Morgan fingerprint density at radius 1 is 1.15 bits per heavy atom. The van der Waals surface area contributed by atoms with Crippen LogP contribution in [0.1, 0.15) is 28.8 Å². The number of carbonyl (C=O) groups excluding carboxylic acids is 1. The average molecular weight is 472 g/mol. The maximum Gasteiger partial charge on any atom is 0.172 e. The summed E-state index contributed by atoms with van der Waals surface area (Å²) in [5.41, 5.74) is 4.66. The lowest BCUT2D eigenvalue weighted by atomic mass is 9.80. The first kappa shape index (κ1) is 20.3. The number of hydrogen-bond acceptors (Lipinski definition) is 5. The van der Waals surface area contributed by atoms with Crippen molar-refractivity contribution in [2.75, 3.05) is 19.8 Å². The molecule has 0 amide bonds. The lowest BCUT2D eigenvalue weighted by Gasteiger charge is -2.26. The standard InChI is InChI=1S/C28H25NO4S/c30-16-28(11-19-14-29-22-4-2-1-3-20(19)22)25-13-27(25,28)12-23(31)21-9-18(17-5-8-34-15-17)10-24-26(21)33-7-6-32-24/h1-5,8-10,14-15,25,29-30H,6-7,11-13,16H2/t25?,27-,28-/m0/s1. The Morgan fingerprint density at radius 3 is 2.85 bits per heavy atom. The Balaban J connectivity index is 1.20. The minimum absolute atomic E-state index is 0.0792. The quantitative estimate of drug-likeness (QED) is 0.350. The number of aliphatic hydroxyl groups excluding tert-OH is 1. The lowest BCUT2D eigenvalue weighted by Crippen LogP contribution is -2.26. The van der Waals surface area contributed by atoms with Crippen molar-refractivity contribution in [2.45, 2.75) is 19.3 Å². The van der Waals surface area contributed by atoms with Gasteiger partial charge in [-0.25, -0.2) is 0 Å². The average Bonchev–Trinajstić information content (AvgIpc) is 3.46. The highest BCUT2D eigenvalue weighted by atomic mass is 32.1. The SMILES string of the molecule is O=C(C[C@]12CC1[C@@]2(CO)Cc1c[nH]c2ccccc12)c1cc(-c2ccsc2)cc2c1OCCO2. The molecule has 3 aliphatic rings. The second kappa shape index (κ2) is 7.20. The zero-order valence-electron chi connectivity index (χ0n) is 18.7. The van der Waals surface area contributed by atoms with Gasteiger partial charge in [0.25, 0.3) is 0 Å². The van der Waals surface area contributed by atoms with Crippen molar-refractivity contribution < 1.29 is 19.4 Å². The fourth-order valence-electron chi connectivity index (χ4n) is 6.36. The number of para-hydroxylation sites is 1. The van der Waals surface area contributed by atoms with Gasteiger partial charge in [-0.05, 0) is 75.9 Å². The normalized spacial score (nSPS) is 26.3. The van der Waals surface area contributed by atoms with Crippen LogP contribution in [0.15, 0.2) is 59.4 Å². The highest BCUT2D eigenvalue weighted by Gasteiger charge is 2.87. The minimum Gasteiger partial charge on any atom is -0.486 e. The number of hydrogen-bond donors (Lipinski definition) is 2. The largest absolute Gasteiger partial charge is 0.486 e. The molecule has 7 rings (SSSR count). The summed E-state index contributed by atoms with van der Waals surface area (Å²) in [5.74, 6) is 1.69. The molecule has 2 aromatic carbocycles. The van der Waals surface area contributed by atoms with E-state index in [2.05, 4.69) is 34.8 Å². The molecule has 6 heteroatoms. The van der Waals surface area contributed by atoms with Crippen LogP contribution < -0.4 is 9.47 Å². The van der Waals surface area contributed by atoms with E-state index in [-0.39, 0.29) is 23.2 Å². The van der Waals surface area contributed by atoms with Crippen LogP contribution in [0, 0.1) is 16.7 Å². The number of ether oxygens (including phenoxy) is 2. The van der Waals surface area contributed by atoms with Gasteiger partial charge >= 0.3 is 0 Å². The highest BCUT2D eigenvalue weighted by molar-refractivity contribution is 7.08. The Hall–Kier alpha value is -3.09. The number of aromatic nitrogens is 1. The summed E-state index contributed by atoms with van der Waals surface area (Å²) in [6, 6.07) is 14.2. The first-order valence-corrected chi connectivity index (χ1v) is 12.7. The molecule has 1 aliphatic heterocycles. The van der Waals surface area contributed by atoms with Crippen molar-refractivity contribution >= 4 is 28.0 Å². The zero-order chi connectivity index (χ0) is 22.9. The summed E-state index contributed by atoms with van der Waals surface area (Å²) in [6.07, 6.45) is 4.29.